The first-order chi connectivity index (χ1) is 13.3. The van der Waals surface area contributed by atoms with Crippen LogP contribution in [0.4, 0.5) is 5.69 Å². The van der Waals surface area contributed by atoms with Gasteiger partial charge >= 0.3 is 5.69 Å². The molecule has 150 valence electrons. The fourth-order valence-corrected chi connectivity index (χ4v) is 3.57. The predicted octanol–water partition coefficient (Wildman–Crippen LogP) is 0.615. The number of rotatable bonds is 3. The molecular weight excluding hydrogens is 372 g/mol. The van der Waals surface area contributed by atoms with E-state index in [9.17, 15) is 20.0 Å². The van der Waals surface area contributed by atoms with E-state index in [0.29, 0.717) is 17.5 Å². The van der Waals surface area contributed by atoms with Gasteiger partial charge in [-0.3, -0.25) is 19.6 Å². The molecule has 11 heteroatoms. The van der Waals surface area contributed by atoms with Crippen LogP contribution in [0.15, 0.2) is 40.1 Å². The second-order valence-electron chi connectivity index (χ2n) is 6.84. The number of hydroxylamine groups is 2. The number of benzene rings is 1. The van der Waals surface area contributed by atoms with Crippen molar-refractivity contribution in [1.82, 2.24) is 14.6 Å². The first kappa shape index (κ1) is 18.8. The average molecular weight is 391 g/mol. The number of ether oxygens (including phenoxy) is 2. The fourth-order valence-electron chi connectivity index (χ4n) is 3.57. The van der Waals surface area contributed by atoms with Gasteiger partial charge in [0.2, 0.25) is 0 Å². The lowest BCUT2D eigenvalue weighted by Gasteiger charge is -2.38. The van der Waals surface area contributed by atoms with Crippen LogP contribution in [0.25, 0.3) is 0 Å². The molecule has 28 heavy (non-hydrogen) atoms. The minimum atomic E-state index is -0.787. The maximum absolute atomic E-state index is 12.1. The summed E-state index contributed by atoms with van der Waals surface area (Å²) in [5.41, 5.74) is -0.00900. The molecular formula is C17H19N4O7-. The second kappa shape index (κ2) is 7.13. The van der Waals surface area contributed by atoms with Gasteiger partial charge in [0.25, 0.3) is 5.56 Å². The summed E-state index contributed by atoms with van der Waals surface area (Å²) in [7, 11) is 0. The van der Waals surface area contributed by atoms with Crippen molar-refractivity contribution in [3.05, 3.63) is 67.6 Å². The van der Waals surface area contributed by atoms with Gasteiger partial charge < -0.3 is 25.1 Å². The Morgan fingerprint density at radius 2 is 2.00 bits per heavy atom. The molecule has 0 saturated carbocycles. The van der Waals surface area contributed by atoms with Crippen LogP contribution in [0.1, 0.15) is 30.0 Å². The van der Waals surface area contributed by atoms with Crippen molar-refractivity contribution in [2.45, 2.75) is 37.9 Å². The van der Waals surface area contributed by atoms with E-state index in [1.165, 1.54) is 22.9 Å². The van der Waals surface area contributed by atoms with Crippen LogP contribution in [0.2, 0.25) is 0 Å². The van der Waals surface area contributed by atoms with Crippen molar-refractivity contribution in [1.29, 1.82) is 0 Å². The molecule has 11 nitrogen and oxygen atoms in total. The Morgan fingerprint density at radius 1 is 1.29 bits per heavy atom. The van der Waals surface area contributed by atoms with Crippen LogP contribution < -0.4 is 16.5 Å². The van der Waals surface area contributed by atoms with Gasteiger partial charge in [-0.1, -0.05) is 12.1 Å². The van der Waals surface area contributed by atoms with Crippen molar-refractivity contribution in [2.24, 2.45) is 0 Å². The van der Waals surface area contributed by atoms with E-state index < -0.39 is 35.9 Å². The Morgan fingerprint density at radius 3 is 2.68 bits per heavy atom. The lowest BCUT2D eigenvalue weighted by atomic mass is 10.1. The number of aromatic nitrogens is 2. The molecule has 2 aliphatic rings. The second-order valence-corrected chi connectivity index (χ2v) is 6.84. The largest absolute Gasteiger partial charge is 0.733 e. The molecule has 1 aromatic carbocycles. The number of aromatic amines is 1. The van der Waals surface area contributed by atoms with Crippen molar-refractivity contribution in [3.63, 3.8) is 0 Å². The van der Waals surface area contributed by atoms with E-state index in [-0.39, 0.29) is 17.5 Å². The quantitative estimate of drug-likeness (QED) is 0.641. The van der Waals surface area contributed by atoms with Crippen LogP contribution in [0.3, 0.4) is 0 Å². The summed E-state index contributed by atoms with van der Waals surface area (Å²) in [5, 5.41) is 31.3. The van der Waals surface area contributed by atoms with Gasteiger partial charge in [-0.05, 0) is 24.6 Å². The molecule has 2 aliphatic heterocycles. The van der Waals surface area contributed by atoms with Gasteiger partial charge in [-0.15, -0.1) is 0 Å². The van der Waals surface area contributed by atoms with Gasteiger partial charge in [-0.25, -0.2) is 4.79 Å². The van der Waals surface area contributed by atoms with Crippen molar-refractivity contribution in [3.8, 4) is 0 Å². The maximum Gasteiger partial charge on any atom is 0.330 e. The van der Waals surface area contributed by atoms with Crippen molar-refractivity contribution < 1.29 is 19.9 Å². The molecule has 4 rings (SSSR count). The van der Waals surface area contributed by atoms with Crippen LogP contribution in [-0.4, -0.2) is 43.8 Å². The Labute approximate surface area is 158 Å². The number of aryl methyl sites for hydroxylation is 1. The standard InChI is InChI=1S/C17H19N4O7/c1-9-7-19(17(23)18-15(9)22)14-6-12-13(28-14)8-27-16(20(12)24)10-2-4-11(5-3-10)21(25)26/h2-5,7,12-14,16,24-25H,6,8H2,1H3,(H,18,22,23)/q-1. The zero-order valence-corrected chi connectivity index (χ0v) is 14.9. The normalized spacial score (nSPS) is 27.6. The highest BCUT2D eigenvalue weighted by Crippen LogP contribution is 2.39. The minimum Gasteiger partial charge on any atom is -0.733 e. The van der Waals surface area contributed by atoms with Gasteiger partial charge in [0.1, 0.15) is 12.3 Å². The molecule has 4 atom stereocenters. The zero-order valence-electron chi connectivity index (χ0n) is 14.9. The lowest BCUT2D eigenvalue weighted by molar-refractivity contribution is -0.288. The molecule has 0 amide bonds. The lowest BCUT2D eigenvalue weighted by Crippen LogP contribution is -2.49. The van der Waals surface area contributed by atoms with Crippen LogP contribution in [-0.2, 0) is 9.47 Å². The van der Waals surface area contributed by atoms with Crippen molar-refractivity contribution in [2.75, 3.05) is 11.8 Å². The van der Waals surface area contributed by atoms with Gasteiger partial charge in [0, 0.05) is 18.2 Å². The number of nitrogens with zero attached hydrogens (tertiary/aromatic N) is 3. The van der Waals surface area contributed by atoms with Crippen LogP contribution in [0, 0.1) is 12.1 Å². The molecule has 1 aromatic heterocycles. The Kier molecular flexibility index (Phi) is 4.79. The minimum absolute atomic E-state index is 0.0546. The van der Waals surface area contributed by atoms with E-state index in [1.54, 1.807) is 19.1 Å². The molecule has 0 aliphatic carbocycles. The first-order valence-electron chi connectivity index (χ1n) is 8.67. The molecule has 3 heterocycles. The molecule has 0 spiro atoms. The number of H-pyrrole nitrogens is 1. The Balaban J connectivity index is 1.54. The summed E-state index contributed by atoms with van der Waals surface area (Å²) in [4.78, 5) is 25.9. The topological polar surface area (TPSA) is 143 Å². The number of anilines is 1. The highest BCUT2D eigenvalue weighted by Gasteiger charge is 2.46. The fraction of sp³-hybridized carbons (Fsp3) is 0.412. The van der Waals surface area contributed by atoms with E-state index in [4.69, 9.17) is 14.7 Å². The third kappa shape index (κ3) is 3.24. The highest BCUT2D eigenvalue weighted by molar-refractivity contribution is 5.45. The number of hydrogen-bond acceptors (Lipinski definition) is 9. The molecule has 2 aromatic rings. The first-order valence-corrected chi connectivity index (χ1v) is 8.67. The molecule has 2 saturated heterocycles. The molecule has 2 fully saturated rings. The van der Waals surface area contributed by atoms with E-state index in [2.05, 4.69) is 4.98 Å². The van der Waals surface area contributed by atoms with Gasteiger partial charge in [-0.2, -0.15) is 5.06 Å². The van der Waals surface area contributed by atoms with E-state index >= 15 is 0 Å². The van der Waals surface area contributed by atoms with Crippen LogP contribution >= 0.6 is 0 Å². The third-order valence-electron chi connectivity index (χ3n) is 5.06. The average Bonchev–Trinajstić information content (AvgIpc) is 3.10. The molecule has 0 bridgehead atoms. The number of nitrogens with one attached hydrogen (secondary N) is 1. The van der Waals surface area contributed by atoms with E-state index in [0.717, 1.165) is 5.06 Å². The number of fused-ring (bicyclic) bond motifs is 1. The summed E-state index contributed by atoms with van der Waals surface area (Å²) in [6, 6.07) is 5.50. The molecule has 3 N–H and O–H groups in total. The Hall–Kier alpha value is -2.54. The summed E-state index contributed by atoms with van der Waals surface area (Å²) >= 11 is 0. The Bertz CT molecular complexity index is 971. The van der Waals surface area contributed by atoms with Crippen molar-refractivity contribution >= 4 is 5.69 Å². The van der Waals surface area contributed by atoms with Crippen LogP contribution in [0.5, 0.6) is 0 Å². The summed E-state index contributed by atoms with van der Waals surface area (Å²) in [6.07, 6.45) is -0.147. The third-order valence-corrected chi connectivity index (χ3v) is 5.06. The molecule has 4 unspecified atom stereocenters. The van der Waals surface area contributed by atoms with E-state index in [1.807, 2.05) is 0 Å². The summed E-state index contributed by atoms with van der Waals surface area (Å²) in [5.74, 6) is 0. The van der Waals surface area contributed by atoms with Gasteiger partial charge in [0.15, 0.2) is 6.23 Å². The predicted molar refractivity (Wildman–Crippen MR) is 94.8 cm³/mol. The highest BCUT2D eigenvalue weighted by atomic mass is 16.8. The monoisotopic (exact) mass is 391 g/mol. The SMILES string of the molecule is Cc1cn(C2CC3C(COC(c4ccc(N([O-])O)cc4)N3O)O2)c(=O)[nH]c1=O. The molecule has 0 radical (unpaired) electrons. The summed E-state index contributed by atoms with van der Waals surface area (Å²) in [6.45, 7) is 1.78. The summed E-state index contributed by atoms with van der Waals surface area (Å²) < 4.78 is 12.9. The smallest absolute Gasteiger partial charge is 0.330 e. The van der Waals surface area contributed by atoms with Gasteiger partial charge in [0.05, 0.1) is 18.3 Å². The maximum atomic E-state index is 12.1. The zero-order chi connectivity index (χ0) is 20.0. The number of hydrogen-bond donors (Lipinski definition) is 3.